The fourth-order valence-corrected chi connectivity index (χ4v) is 2.89. The second-order valence-corrected chi connectivity index (χ2v) is 5.41. The Kier molecular flexibility index (Phi) is 5.05. The zero-order valence-electron chi connectivity index (χ0n) is 11.0. The Balaban J connectivity index is 1.65. The van der Waals surface area contributed by atoms with Crippen LogP contribution in [0.3, 0.4) is 0 Å². The van der Waals surface area contributed by atoms with Gasteiger partial charge in [0.2, 0.25) is 0 Å². The summed E-state index contributed by atoms with van der Waals surface area (Å²) in [6, 6.07) is 0.785. The maximum absolute atomic E-state index is 11.9. The largest absolute Gasteiger partial charge is 0.522 e. The summed E-state index contributed by atoms with van der Waals surface area (Å²) in [5.74, 6) is 0. The summed E-state index contributed by atoms with van der Waals surface area (Å²) >= 11 is 0. The van der Waals surface area contributed by atoms with Gasteiger partial charge in [-0.25, -0.2) is 0 Å². The predicted octanol–water partition coefficient (Wildman–Crippen LogP) is 1.02. The van der Waals surface area contributed by atoms with E-state index in [-0.39, 0.29) is 6.61 Å². The molecule has 2 rings (SSSR count). The number of rotatable bonds is 4. The molecule has 1 atom stereocenters. The molecule has 7 heteroatoms. The van der Waals surface area contributed by atoms with E-state index in [0.29, 0.717) is 18.6 Å². The van der Waals surface area contributed by atoms with Crippen LogP contribution in [-0.2, 0) is 4.74 Å². The zero-order valence-corrected chi connectivity index (χ0v) is 11.0. The first-order valence-corrected chi connectivity index (χ1v) is 6.87. The van der Waals surface area contributed by atoms with Crippen molar-refractivity contribution >= 4 is 0 Å². The Morgan fingerprint density at radius 1 is 1.11 bits per heavy atom. The van der Waals surface area contributed by atoms with Gasteiger partial charge in [-0.1, -0.05) is 0 Å². The fourth-order valence-electron chi connectivity index (χ4n) is 2.89. The van der Waals surface area contributed by atoms with Gasteiger partial charge in [-0.2, -0.15) is 0 Å². The van der Waals surface area contributed by atoms with E-state index in [1.165, 1.54) is 0 Å². The minimum absolute atomic E-state index is 0.277. The van der Waals surface area contributed by atoms with Crippen molar-refractivity contribution in [2.45, 2.75) is 37.7 Å². The Hall–Kier alpha value is -0.370. The van der Waals surface area contributed by atoms with Crippen LogP contribution in [0.25, 0.3) is 0 Å². The summed E-state index contributed by atoms with van der Waals surface area (Å²) in [4.78, 5) is 4.47. The van der Waals surface area contributed by atoms with Crippen molar-refractivity contribution in [2.75, 3.05) is 39.3 Å². The first-order chi connectivity index (χ1) is 8.94. The van der Waals surface area contributed by atoms with Crippen molar-refractivity contribution in [3.05, 3.63) is 0 Å². The van der Waals surface area contributed by atoms with Gasteiger partial charge in [-0.3, -0.25) is 14.5 Å². The molecular formula is C12H22F3N3O. The summed E-state index contributed by atoms with van der Waals surface area (Å²) in [7, 11) is 0. The highest BCUT2D eigenvalue weighted by Crippen LogP contribution is 2.20. The summed E-state index contributed by atoms with van der Waals surface area (Å²) in [5, 5.41) is 0. The van der Waals surface area contributed by atoms with Gasteiger partial charge in [-0.05, 0) is 38.9 Å². The van der Waals surface area contributed by atoms with Crippen LogP contribution in [0.2, 0.25) is 0 Å². The molecule has 0 aromatic heterocycles. The Morgan fingerprint density at radius 2 is 1.79 bits per heavy atom. The average molecular weight is 281 g/mol. The molecule has 2 heterocycles. The summed E-state index contributed by atoms with van der Waals surface area (Å²) in [5.41, 5.74) is 5.87. The van der Waals surface area contributed by atoms with E-state index in [4.69, 9.17) is 5.73 Å². The summed E-state index contributed by atoms with van der Waals surface area (Å²) in [6.07, 6.45) is -1.44. The molecule has 0 radical (unpaired) electrons. The molecule has 0 spiro atoms. The number of nitrogens with zero attached hydrogens (tertiary/aromatic N) is 2. The number of nitrogens with two attached hydrogens (primary N) is 1. The lowest BCUT2D eigenvalue weighted by Crippen LogP contribution is -2.46. The van der Waals surface area contributed by atoms with Gasteiger partial charge >= 0.3 is 6.36 Å². The second-order valence-electron chi connectivity index (χ2n) is 5.41. The molecule has 112 valence electrons. The lowest BCUT2D eigenvalue weighted by atomic mass is 10.0. The predicted molar refractivity (Wildman–Crippen MR) is 65.6 cm³/mol. The molecule has 0 aromatic carbocycles. The van der Waals surface area contributed by atoms with E-state index in [1.54, 1.807) is 0 Å². The molecule has 0 bridgehead atoms. The molecule has 2 N–H and O–H groups in total. The van der Waals surface area contributed by atoms with Crippen molar-refractivity contribution in [3.8, 4) is 0 Å². The summed E-state index contributed by atoms with van der Waals surface area (Å²) in [6.45, 7) is 3.80. The third-order valence-corrected chi connectivity index (χ3v) is 4.01. The van der Waals surface area contributed by atoms with E-state index in [9.17, 15) is 13.2 Å². The molecule has 0 aliphatic carbocycles. The molecule has 0 aromatic rings. The molecule has 19 heavy (non-hydrogen) atoms. The lowest BCUT2D eigenvalue weighted by molar-refractivity contribution is -0.324. The molecule has 2 aliphatic rings. The highest BCUT2D eigenvalue weighted by molar-refractivity contribution is 4.86. The van der Waals surface area contributed by atoms with Crippen molar-refractivity contribution in [1.82, 2.24) is 9.80 Å². The molecule has 0 saturated carbocycles. The third kappa shape index (κ3) is 4.91. The first kappa shape index (κ1) is 15.0. The number of likely N-dealkylation sites (tertiary alicyclic amines) is 2. The van der Waals surface area contributed by atoms with Crippen LogP contribution in [0.4, 0.5) is 13.2 Å². The van der Waals surface area contributed by atoms with E-state index in [1.807, 2.05) is 4.90 Å². The number of hydrogen-bond acceptors (Lipinski definition) is 4. The maximum atomic E-state index is 11.9. The van der Waals surface area contributed by atoms with Gasteiger partial charge in [-0.15, -0.1) is 13.2 Å². The number of alkyl halides is 3. The molecule has 0 amide bonds. The van der Waals surface area contributed by atoms with Crippen LogP contribution in [0.1, 0.15) is 19.3 Å². The molecular weight excluding hydrogens is 259 g/mol. The zero-order chi connectivity index (χ0) is 13.9. The SMILES string of the molecule is NC1CCN(C2CCN(CCOC(F)(F)F)C2)CC1. The Labute approximate surface area is 111 Å². The number of halogens is 3. The van der Waals surface area contributed by atoms with Gasteiger partial charge in [0, 0.05) is 25.2 Å². The van der Waals surface area contributed by atoms with Gasteiger partial charge in [0.15, 0.2) is 0 Å². The van der Waals surface area contributed by atoms with Crippen molar-refractivity contribution in [2.24, 2.45) is 5.73 Å². The third-order valence-electron chi connectivity index (χ3n) is 4.01. The van der Waals surface area contributed by atoms with E-state index >= 15 is 0 Å². The van der Waals surface area contributed by atoms with Gasteiger partial charge < -0.3 is 5.73 Å². The van der Waals surface area contributed by atoms with E-state index in [0.717, 1.165) is 45.4 Å². The topological polar surface area (TPSA) is 41.7 Å². The van der Waals surface area contributed by atoms with E-state index < -0.39 is 6.36 Å². The second kappa shape index (κ2) is 6.39. The normalized spacial score (nSPS) is 28.1. The maximum Gasteiger partial charge on any atom is 0.522 e. The highest BCUT2D eigenvalue weighted by atomic mass is 19.4. The number of ether oxygens (including phenoxy) is 1. The van der Waals surface area contributed by atoms with Crippen LogP contribution in [0.15, 0.2) is 0 Å². The lowest BCUT2D eigenvalue weighted by Gasteiger charge is -2.34. The Bertz CT molecular complexity index is 280. The van der Waals surface area contributed by atoms with Gasteiger partial charge in [0.1, 0.15) is 0 Å². The number of piperidine rings is 1. The average Bonchev–Trinajstić information content (AvgIpc) is 2.77. The van der Waals surface area contributed by atoms with Gasteiger partial charge in [0.05, 0.1) is 6.61 Å². The van der Waals surface area contributed by atoms with Crippen molar-refractivity contribution in [3.63, 3.8) is 0 Å². The molecule has 2 fully saturated rings. The Morgan fingerprint density at radius 3 is 2.42 bits per heavy atom. The fraction of sp³-hybridized carbons (Fsp3) is 1.00. The monoisotopic (exact) mass is 281 g/mol. The molecule has 1 unspecified atom stereocenters. The first-order valence-electron chi connectivity index (χ1n) is 6.87. The van der Waals surface area contributed by atoms with Crippen LogP contribution < -0.4 is 5.73 Å². The number of hydrogen-bond donors (Lipinski definition) is 1. The highest BCUT2D eigenvalue weighted by Gasteiger charge is 2.32. The minimum atomic E-state index is -4.51. The summed E-state index contributed by atoms with van der Waals surface area (Å²) < 4.78 is 39.4. The standard InChI is InChI=1S/C12H22F3N3O/c13-12(14,15)19-8-7-17-4-3-11(9-17)18-5-1-10(16)2-6-18/h10-11H,1-9,16H2. The van der Waals surface area contributed by atoms with Crippen molar-refractivity contribution in [1.29, 1.82) is 0 Å². The molecule has 2 saturated heterocycles. The van der Waals surface area contributed by atoms with Crippen molar-refractivity contribution < 1.29 is 17.9 Å². The van der Waals surface area contributed by atoms with E-state index in [2.05, 4.69) is 9.64 Å². The molecule has 2 aliphatic heterocycles. The molecule has 4 nitrogen and oxygen atoms in total. The van der Waals surface area contributed by atoms with Crippen LogP contribution in [0, 0.1) is 0 Å². The van der Waals surface area contributed by atoms with Crippen LogP contribution in [-0.4, -0.2) is 67.6 Å². The smallest absolute Gasteiger partial charge is 0.328 e. The van der Waals surface area contributed by atoms with Crippen LogP contribution >= 0.6 is 0 Å². The minimum Gasteiger partial charge on any atom is -0.328 e. The van der Waals surface area contributed by atoms with Crippen LogP contribution in [0.5, 0.6) is 0 Å². The quantitative estimate of drug-likeness (QED) is 0.835. The van der Waals surface area contributed by atoms with Gasteiger partial charge in [0.25, 0.3) is 0 Å².